The van der Waals surface area contributed by atoms with E-state index in [4.69, 9.17) is 4.74 Å². The van der Waals surface area contributed by atoms with E-state index in [2.05, 4.69) is 5.32 Å². The first-order chi connectivity index (χ1) is 10.7. The minimum Gasteiger partial charge on any atom is -0.382 e. The van der Waals surface area contributed by atoms with Gasteiger partial charge in [-0.25, -0.2) is 0 Å². The molecule has 0 aliphatic heterocycles. The Labute approximate surface area is 129 Å². The van der Waals surface area contributed by atoms with Gasteiger partial charge in [-0.2, -0.15) is 0 Å². The lowest BCUT2D eigenvalue weighted by Crippen LogP contribution is -2.23. The van der Waals surface area contributed by atoms with E-state index in [1.165, 1.54) is 0 Å². The van der Waals surface area contributed by atoms with Crippen molar-refractivity contribution in [1.82, 2.24) is 0 Å². The second-order valence-electron chi connectivity index (χ2n) is 5.06. The molecule has 1 N–H and O–H groups in total. The van der Waals surface area contributed by atoms with Crippen LogP contribution in [0.1, 0.15) is 38.8 Å². The average molecular weight is 295 g/mol. The standard InChI is InChI=1S/C18H17NO3/c1-2-22-11-10-19-15-9-5-8-14-16(15)18(21)13-7-4-3-6-12(13)17(14)20/h3-9,19H,2,10-11H2,1H3. The molecule has 4 heteroatoms. The first kappa shape index (κ1) is 14.5. The number of anilines is 1. The molecule has 2 aromatic carbocycles. The van der Waals surface area contributed by atoms with Crippen LogP contribution < -0.4 is 5.32 Å². The van der Waals surface area contributed by atoms with Crippen LogP contribution >= 0.6 is 0 Å². The van der Waals surface area contributed by atoms with Gasteiger partial charge < -0.3 is 10.1 Å². The van der Waals surface area contributed by atoms with E-state index in [1.54, 1.807) is 36.4 Å². The van der Waals surface area contributed by atoms with Gasteiger partial charge in [0.2, 0.25) is 0 Å². The molecular formula is C18H17NO3. The molecule has 0 saturated heterocycles. The van der Waals surface area contributed by atoms with Crippen LogP contribution in [0.5, 0.6) is 0 Å². The van der Waals surface area contributed by atoms with E-state index >= 15 is 0 Å². The Hall–Kier alpha value is -2.46. The fourth-order valence-electron chi connectivity index (χ4n) is 2.69. The van der Waals surface area contributed by atoms with Crippen LogP contribution in [0.4, 0.5) is 5.69 Å². The van der Waals surface area contributed by atoms with E-state index in [0.717, 1.165) is 0 Å². The molecule has 0 heterocycles. The molecule has 0 spiro atoms. The van der Waals surface area contributed by atoms with Crippen LogP contribution in [0.2, 0.25) is 0 Å². The Balaban J connectivity index is 1.98. The molecule has 0 bridgehead atoms. The van der Waals surface area contributed by atoms with Gasteiger partial charge in [-0.3, -0.25) is 9.59 Å². The molecule has 0 unspecified atom stereocenters. The fraction of sp³-hybridized carbons (Fsp3) is 0.222. The number of fused-ring (bicyclic) bond motifs is 2. The quantitative estimate of drug-likeness (QED) is 0.735. The van der Waals surface area contributed by atoms with E-state index in [-0.39, 0.29) is 11.6 Å². The van der Waals surface area contributed by atoms with Gasteiger partial charge in [0.25, 0.3) is 0 Å². The number of benzene rings is 2. The predicted molar refractivity (Wildman–Crippen MR) is 84.7 cm³/mol. The molecule has 0 atom stereocenters. The molecule has 0 aromatic heterocycles. The molecule has 4 nitrogen and oxygen atoms in total. The maximum absolute atomic E-state index is 12.7. The first-order valence-electron chi connectivity index (χ1n) is 7.37. The number of carbonyl (C=O) groups is 2. The second kappa shape index (κ2) is 6.12. The average Bonchev–Trinajstić information content (AvgIpc) is 2.56. The van der Waals surface area contributed by atoms with Gasteiger partial charge in [0, 0.05) is 35.5 Å². The zero-order valence-electron chi connectivity index (χ0n) is 12.4. The van der Waals surface area contributed by atoms with Gasteiger partial charge in [-0.15, -0.1) is 0 Å². The van der Waals surface area contributed by atoms with Crippen LogP contribution in [0.25, 0.3) is 0 Å². The van der Waals surface area contributed by atoms with Crippen molar-refractivity contribution in [3.8, 4) is 0 Å². The fourth-order valence-corrected chi connectivity index (χ4v) is 2.69. The molecule has 0 saturated carbocycles. The second-order valence-corrected chi connectivity index (χ2v) is 5.06. The highest BCUT2D eigenvalue weighted by molar-refractivity contribution is 6.30. The highest BCUT2D eigenvalue weighted by Gasteiger charge is 2.31. The van der Waals surface area contributed by atoms with Crippen molar-refractivity contribution >= 4 is 17.3 Å². The lowest BCUT2D eigenvalue weighted by atomic mass is 9.83. The van der Waals surface area contributed by atoms with E-state index in [0.29, 0.717) is 47.7 Å². The lowest BCUT2D eigenvalue weighted by molar-refractivity contribution is 0.0979. The number of hydrogen-bond donors (Lipinski definition) is 1. The summed E-state index contributed by atoms with van der Waals surface area (Å²) in [6, 6.07) is 12.3. The van der Waals surface area contributed by atoms with Crippen molar-refractivity contribution in [2.24, 2.45) is 0 Å². The minimum atomic E-state index is -0.107. The third-order valence-corrected chi connectivity index (χ3v) is 3.72. The number of ether oxygens (including phenoxy) is 1. The Morgan fingerprint density at radius 3 is 2.32 bits per heavy atom. The van der Waals surface area contributed by atoms with Crippen molar-refractivity contribution in [1.29, 1.82) is 0 Å². The van der Waals surface area contributed by atoms with Crippen LogP contribution in [0.3, 0.4) is 0 Å². The van der Waals surface area contributed by atoms with Gasteiger partial charge in [0.15, 0.2) is 11.6 Å². The largest absolute Gasteiger partial charge is 0.382 e. The Morgan fingerprint density at radius 2 is 1.59 bits per heavy atom. The van der Waals surface area contributed by atoms with Crippen molar-refractivity contribution in [3.05, 3.63) is 64.7 Å². The molecule has 1 aliphatic carbocycles. The first-order valence-corrected chi connectivity index (χ1v) is 7.37. The third-order valence-electron chi connectivity index (χ3n) is 3.72. The minimum absolute atomic E-state index is 0.0985. The van der Waals surface area contributed by atoms with Gasteiger partial charge in [0.05, 0.1) is 12.2 Å². The monoisotopic (exact) mass is 295 g/mol. The van der Waals surface area contributed by atoms with Crippen molar-refractivity contribution in [3.63, 3.8) is 0 Å². The van der Waals surface area contributed by atoms with E-state index < -0.39 is 0 Å². The normalized spacial score (nSPS) is 12.8. The SMILES string of the molecule is CCOCCNc1cccc2c1C(=O)c1ccccc1C2=O. The third kappa shape index (κ3) is 2.42. The van der Waals surface area contributed by atoms with Crippen molar-refractivity contribution in [2.75, 3.05) is 25.1 Å². The Kier molecular flexibility index (Phi) is 4.02. The Morgan fingerprint density at radius 1 is 0.909 bits per heavy atom. The number of carbonyl (C=O) groups excluding carboxylic acids is 2. The molecular weight excluding hydrogens is 278 g/mol. The molecule has 112 valence electrons. The summed E-state index contributed by atoms with van der Waals surface area (Å²) in [5.41, 5.74) is 2.56. The molecule has 0 radical (unpaired) electrons. The highest BCUT2D eigenvalue weighted by atomic mass is 16.5. The number of hydrogen-bond acceptors (Lipinski definition) is 4. The number of nitrogens with one attached hydrogen (secondary N) is 1. The summed E-state index contributed by atoms with van der Waals surface area (Å²) in [5, 5.41) is 3.19. The van der Waals surface area contributed by atoms with Gasteiger partial charge in [0.1, 0.15) is 0 Å². The Bertz CT molecular complexity index is 737. The maximum atomic E-state index is 12.7. The smallest absolute Gasteiger partial charge is 0.196 e. The maximum Gasteiger partial charge on any atom is 0.196 e. The lowest BCUT2D eigenvalue weighted by Gasteiger charge is -2.20. The molecule has 22 heavy (non-hydrogen) atoms. The highest BCUT2D eigenvalue weighted by Crippen LogP contribution is 2.31. The van der Waals surface area contributed by atoms with Crippen molar-refractivity contribution < 1.29 is 14.3 Å². The molecule has 2 aromatic rings. The zero-order chi connectivity index (χ0) is 15.5. The van der Waals surface area contributed by atoms with Crippen LogP contribution in [0.15, 0.2) is 42.5 Å². The number of rotatable bonds is 5. The molecule has 0 amide bonds. The summed E-state index contributed by atoms with van der Waals surface area (Å²) in [6.45, 7) is 3.73. The summed E-state index contributed by atoms with van der Waals surface area (Å²) in [5.74, 6) is -0.205. The topological polar surface area (TPSA) is 55.4 Å². The summed E-state index contributed by atoms with van der Waals surface area (Å²) in [7, 11) is 0. The van der Waals surface area contributed by atoms with Gasteiger partial charge in [-0.1, -0.05) is 36.4 Å². The summed E-state index contributed by atoms with van der Waals surface area (Å²) in [4.78, 5) is 25.3. The van der Waals surface area contributed by atoms with Crippen molar-refractivity contribution in [2.45, 2.75) is 6.92 Å². The summed E-state index contributed by atoms with van der Waals surface area (Å²) < 4.78 is 5.29. The molecule has 3 rings (SSSR count). The van der Waals surface area contributed by atoms with Crippen LogP contribution in [-0.4, -0.2) is 31.3 Å². The molecule has 1 aliphatic rings. The molecule has 0 fully saturated rings. The number of ketones is 2. The summed E-state index contributed by atoms with van der Waals surface area (Å²) >= 11 is 0. The van der Waals surface area contributed by atoms with E-state index in [1.807, 2.05) is 13.0 Å². The predicted octanol–water partition coefficient (Wildman–Crippen LogP) is 2.91. The van der Waals surface area contributed by atoms with Gasteiger partial charge in [-0.05, 0) is 13.0 Å². The zero-order valence-corrected chi connectivity index (χ0v) is 12.4. The van der Waals surface area contributed by atoms with E-state index in [9.17, 15) is 9.59 Å². The van der Waals surface area contributed by atoms with Crippen LogP contribution in [-0.2, 0) is 4.74 Å². The summed E-state index contributed by atoms with van der Waals surface area (Å²) in [6.07, 6.45) is 0. The van der Waals surface area contributed by atoms with Crippen LogP contribution in [0, 0.1) is 0 Å². The van der Waals surface area contributed by atoms with Gasteiger partial charge >= 0.3 is 0 Å².